The lowest BCUT2D eigenvalue weighted by Gasteiger charge is -2.28. The van der Waals surface area contributed by atoms with Crippen molar-refractivity contribution >= 4 is 58.5 Å². The van der Waals surface area contributed by atoms with Gasteiger partial charge in [0.2, 0.25) is 0 Å². The first-order valence-corrected chi connectivity index (χ1v) is 10.6. The second-order valence-electron chi connectivity index (χ2n) is 7.34. The van der Waals surface area contributed by atoms with Crippen molar-refractivity contribution in [2.75, 3.05) is 29.7 Å². The molecule has 2 aliphatic rings. The van der Waals surface area contributed by atoms with Gasteiger partial charge in [-0.2, -0.15) is 0 Å². The second kappa shape index (κ2) is 8.99. The summed E-state index contributed by atoms with van der Waals surface area (Å²) >= 11 is 11.7. The Morgan fingerprint density at radius 2 is 0.970 bits per heavy atom. The molecule has 2 aliphatic heterocycles. The van der Waals surface area contributed by atoms with Gasteiger partial charge in [-0.3, -0.25) is 19.4 Å². The number of aliphatic hydroxyl groups is 2. The molecule has 2 aromatic carbocycles. The molecule has 12 heteroatoms. The molecule has 2 saturated heterocycles. The van der Waals surface area contributed by atoms with E-state index in [1.54, 1.807) is 0 Å². The molecular weight excluding hydrogens is 475 g/mol. The Balaban J connectivity index is 1.63. The van der Waals surface area contributed by atoms with Crippen LogP contribution in [0.1, 0.15) is 0 Å². The van der Waals surface area contributed by atoms with Crippen LogP contribution in [0.2, 0.25) is 10.0 Å². The molecular formula is C21H18Cl2N4O6. The number of hydrogen-bond donors (Lipinski definition) is 2. The average Bonchev–Trinajstić information content (AvgIpc) is 3.18. The molecule has 172 valence electrons. The minimum atomic E-state index is -1.28. The van der Waals surface area contributed by atoms with Crippen LogP contribution < -0.4 is 9.80 Å². The van der Waals surface area contributed by atoms with Gasteiger partial charge in [0.25, 0.3) is 11.8 Å². The number of amides is 6. The Morgan fingerprint density at radius 3 is 1.27 bits per heavy atom. The third kappa shape index (κ3) is 3.91. The first-order valence-electron chi connectivity index (χ1n) is 9.80. The van der Waals surface area contributed by atoms with Crippen molar-refractivity contribution in [2.24, 2.45) is 0 Å². The highest BCUT2D eigenvalue weighted by atomic mass is 35.5. The molecule has 2 N–H and O–H groups in total. The Labute approximate surface area is 198 Å². The van der Waals surface area contributed by atoms with E-state index in [4.69, 9.17) is 23.2 Å². The molecule has 0 unspecified atom stereocenters. The molecule has 10 nitrogen and oxygen atoms in total. The average molecular weight is 493 g/mol. The highest BCUT2D eigenvalue weighted by Gasteiger charge is 2.51. The number of rotatable bonds is 6. The molecule has 2 atom stereocenters. The fourth-order valence-electron chi connectivity index (χ4n) is 3.77. The SMILES string of the molecule is O=C1[C@H](CO)N(CN2C(=O)N(c3ccc(Cl)cc3)C(=O)[C@@H]2CO)C(=O)N1c1ccc(Cl)cc1. The number of carbonyl (C=O) groups is 4. The number of benzene rings is 2. The number of anilines is 2. The van der Waals surface area contributed by atoms with Gasteiger partial charge in [-0.15, -0.1) is 0 Å². The zero-order chi connectivity index (χ0) is 23.9. The van der Waals surface area contributed by atoms with Gasteiger partial charge in [0.05, 0.1) is 24.6 Å². The molecule has 4 rings (SSSR count). The van der Waals surface area contributed by atoms with Gasteiger partial charge in [-0.25, -0.2) is 19.4 Å². The Bertz CT molecular complexity index is 1020. The largest absolute Gasteiger partial charge is 0.394 e. The van der Waals surface area contributed by atoms with E-state index in [0.29, 0.717) is 10.0 Å². The van der Waals surface area contributed by atoms with Crippen molar-refractivity contribution < 1.29 is 29.4 Å². The zero-order valence-electron chi connectivity index (χ0n) is 17.0. The second-order valence-corrected chi connectivity index (χ2v) is 8.22. The van der Waals surface area contributed by atoms with Gasteiger partial charge in [0, 0.05) is 10.0 Å². The lowest BCUT2D eigenvalue weighted by Crippen LogP contribution is -2.50. The topological polar surface area (TPSA) is 122 Å². The van der Waals surface area contributed by atoms with Gasteiger partial charge in [-0.05, 0) is 48.5 Å². The molecule has 6 amide bonds. The summed E-state index contributed by atoms with van der Waals surface area (Å²) in [5.74, 6) is -1.39. The van der Waals surface area contributed by atoms with Crippen LogP contribution in [0.3, 0.4) is 0 Å². The molecule has 0 spiro atoms. The summed E-state index contributed by atoms with van der Waals surface area (Å²) in [6.45, 7) is -1.90. The van der Waals surface area contributed by atoms with Crippen LogP contribution in [-0.2, 0) is 9.59 Å². The number of halogens is 2. The standard InChI is InChI=1S/C21H18Cl2N4O6/c22-12-1-5-14(6-2-12)26-18(30)16(9-28)24(20(26)32)11-25-17(10-29)19(31)27(21(25)33)15-7-3-13(23)4-8-15/h1-8,16-17,28-29H,9-11H2/t16-,17-/m0/s1. The van der Waals surface area contributed by atoms with Gasteiger partial charge < -0.3 is 10.2 Å². The van der Waals surface area contributed by atoms with Crippen molar-refractivity contribution in [3.63, 3.8) is 0 Å². The molecule has 0 aromatic heterocycles. The lowest BCUT2D eigenvalue weighted by molar-refractivity contribution is -0.121. The Morgan fingerprint density at radius 1 is 0.636 bits per heavy atom. The maximum absolute atomic E-state index is 13.1. The normalized spacial score (nSPS) is 21.1. The predicted molar refractivity (Wildman–Crippen MR) is 119 cm³/mol. The molecule has 2 aromatic rings. The Kier molecular flexibility index (Phi) is 6.26. The molecule has 0 saturated carbocycles. The van der Waals surface area contributed by atoms with Crippen molar-refractivity contribution in [3.05, 3.63) is 58.6 Å². The van der Waals surface area contributed by atoms with E-state index < -0.39 is 55.8 Å². The van der Waals surface area contributed by atoms with Crippen molar-refractivity contribution in [3.8, 4) is 0 Å². The molecule has 33 heavy (non-hydrogen) atoms. The van der Waals surface area contributed by atoms with Crippen LogP contribution in [0.5, 0.6) is 0 Å². The summed E-state index contributed by atoms with van der Waals surface area (Å²) in [6.07, 6.45) is 0. The number of urea groups is 2. The van der Waals surface area contributed by atoms with E-state index >= 15 is 0 Å². The summed E-state index contributed by atoms with van der Waals surface area (Å²) < 4.78 is 0. The monoisotopic (exact) mass is 492 g/mol. The summed E-state index contributed by atoms with van der Waals surface area (Å²) in [5, 5.41) is 20.4. The van der Waals surface area contributed by atoms with Crippen molar-refractivity contribution in [2.45, 2.75) is 12.1 Å². The van der Waals surface area contributed by atoms with Crippen LogP contribution in [0.25, 0.3) is 0 Å². The fourth-order valence-corrected chi connectivity index (χ4v) is 4.02. The minimum Gasteiger partial charge on any atom is -0.394 e. The predicted octanol–water partition coefficient (Wildman–Crippen LogP) is 1.91. The van der Waals surface area contributed by atoms with Crippen molar-refractivity contribution in [1.29, 1.82) is 0 Å². The van der Waals surface area contributed by atoms with Crippen molar-refractivity contribution in [1.82, 2.24) is 9.80 Å². The third-order valence-electron chi connectivity index (χ3n) is 5.46. The van der Waals surface area contributed by atoms with E-state index in [-0.39, 0.29) is 11.4 Å². The van der Waals surface area contributed by atoms with Gasteiger partial charge in [0.15, 0.2) is 0 Å². The third-order valence-corrected chi connectivity index (χ3v) is 5.96. The first-order chi connectivity index (χ1) is 15.8. The van der Waals surface area contributed by atoms with Gasteiger partial charge in [0.1, 0.15) is 18.8 Å². The molecule has 0 aliphatic carbocycles. The van der Waals surface area contributed by atoms with Gasteiger partial charge >= 0.3 is 12.1 Å². The van der Waals surface area contributed by atoms with Crippen LogP contribution in [0.4, 0.5) is 21.0 Å². The quantitative estimate of drug-likeness (QED) is 0.594. The highest BCUT2D eigenvalue weighted by Crippen LogP contribution is 2.30. The molecule has 0 radical (unpaired) electrons. The van der Waals surface area contributed by atoms with Crippen LogP contribution in [0, 0.1) is 0 Å². The maximum atomic E-state index is 13.1. The van der Waals surface area contributed by atoms with Crippen LogP contribution in [-0.4, -0.2) is 75.9 Å². The number of aliphatic hydroxyl groups excluding tert-OH is 2. The van der Waals surface area contributed by atoms with E-state index in [1.807, 2.05) is 0 Å². The summed E-state index contributed by atoms with van der Waals surface area (Å²) in [6, 6.07) is 7.76. The highest BCUT2D eigenvalue weighted by molar-refractivity contribution is 6.31. The van der Waals surface area contributed by atoms with E-state index in [9.17, 15) is 29.4 Å². The smallest absolute Gasteiger partial charge is 0.333 e. The zero-order valence-corrected chi connectivity index (χ0v) is 18.5. The van der Waals surface area contributed by atoms with Gasteiger partial charge in [-0.1, -0.05) is 23.2 Å². The number of carbonyl (C=O) groups excluding carboxylic acids is 4. The summed E-state index contributed by atoms with van der Waals surface area (Å²) in [7, 11) is 0. The minimum absolute atomic E-state index is 0.237. The molecule has 2 fully saturated rings. The number of nitrogens with zero attached hydrogens (tertiary/aromatic N) is 4. The Hall–Kier alpha value is -3.18. The lowest BCUT2D eigenvalue weighted by atomic mass is 10.2. The van der Waals surface area contributed by atoms with Crippen LogP contribution >= 0.6 is 23.2 Å². The summed E-state index contributed by atoms with van der Waals surface area (Å²) in [5.41, 5.74) is 0.473. The molecule has 2 heterocycles. The van der Waals surface area contributed by atoms with E-state index in [2.05, 4.69) is 0 Å². The fraction of sp³-hybridized carbons (Fsp3) is 0.238. The molecule has 0 bridgehead atoms. The van der Waals surface area contributed by atoms with E-state index in [1.165, 1.54) is 48.5 Å². The maximum Gasteiger partial charge on any atom is 0.333 e. The first kappa shape index (κ1) is 23.0. The number of hydrogen-bond acceptors (Lipinski definition) is 6. The van der Waals surface area contributed by atoms with Crippen LogP contribution in [0.15, 0.2) is 48.5 Å². The number of imide groups is 2. The summed E-state index contributed by atoms with van der Waals surface area (Å²) in [4.78, 5) is 55.6. The van der Waals surface area contributed by atoms with E-state index in [0.717, 1.165) is 19.6 Å².